The van der Waals surface area contributed by atoms with Crippen molar-refractivity contribution in [1.82, 2.24) is 16.0 Å². The van der Waals surface area contributed by atoms with Gasteiger partial charge in [-0.1, -0.05) is 12.1 Å². The maximum Gasteiger partial charge on any atom is 0.327 e. The fourth-order valence-electron chi connectivity index (χ4n) is 2.49. The molecule has 0 saturated carbocycles. The van der Waals surface area contributed by atoms with Crippen molar-refractivity contribution in [1.29, 1.82) is 0 Å². The van der Waals surface area contributed by atoms with Gasteiger partial charge in [0.25, 0.3) is 0 Å². The van der Waals surface area contributed by atoms with Crippen molar-refractivity contribution in [2.75, 3.05) is 12.3 Å². The van der Waals surface area contributed by atoms with E-state index in [0.29, 0.717) is 5.56 Å². The van der Waals surface area contributed by atoms with Crippen molar-refractivity contribution < 1.29 is 39.3 Å². The number of phenols is 1. The van der Waals surface area contributed by atoms with Gasteiger partial charge in [0, 0.05) is 18.6 Å². The predicted molar refractivity (Wildman–Crippen MR) is 115 cm³/mol. The van der Waals surface area contributed by atoms with Crippen molar-refractivity contribution >= 4 is 42.3 Å². The van der Waals surface area contributed by atoms with E-state index >= 15 is 0 Å². The summed E-state index contributed by atoms with van der Waals surface area (Å²) in [5.41, 5.74) is 6.13. The summed E-state index contributed by atoms with van der Waals surface area (Å²) in [5, 5.41) is 34.0. The molecule has 0 bridgehead atoms. The highest BCUT2D eigenvalue weighted by molar-refractivity contribution is 7.80. The maximum absolute atomic E-state index is 12.6. The molecule has 0 aliphatic heterocycles. The molecule has 1 aromatic rings. The number of benzene rings is 1. The molecule has 1 rings (SSSR count). The third-order valence-electron chi connectivity index (χ3n) is 4.25. The number of phenolic OH excluding ortho intramolecular Hbond substituents is 1. The van der Waals surface area contributed by atoms with Gasteiger partial charge in [-0.25, -0.2) is 4.79 Å². The molecule has 1 aromatic carbocycles. The van der Waals surface area contributed by atoms with Crippen molar-refractivity contribution in [3.8, 4) is 5.75 Å². The molecule has 0 aromatic heterocycles. The van der Waals surface area contributed by atoms with Crippen LogP contribution in [0.15, 0.2) is 24.3 Å². The lowest BCUT2D eigenvalue weighted by molar-refractivity contribution is -0.141. The molecule has 0 saturated heterocycles. The number of aromatic hydroxyl groups is 1. The number of aliphatic carboxylic acids is 2. The summed E-state index contributed by atoms with van der Waals surface area (Å²) in [5.74, 6) is -4.85. The van der Waals surface area contributed by atoms with Gasteiger partial charge in [0.05, 0.1) is 12.6 Å². The number of amides is 3. The Kier molecular flexibility index (Phi) is 11.0. The molecule has 0 aliphatic carbocycles. The minimum atomic E-state index is -1.30. The summed E-state index contributed by atoms with van der Waals surface area (Å²) in [6.45, 7) is -0.534. The summed E-state index contributed by atoms with van der Waals surface area (Å²) in [6.07, 6.45) is -0.455. The first-order valence-corrected chi connectivity index (χ1v) is 10.1. The Labute approximate surface area is 189 Å². The van der Waals surface area contributed by atoms with Gasteiger partial charge in [-0.15, -0.1) is 0 Å². The monoisotopic (exact) mass is 470 g/mol. The van der Waals surface area contributed by atoms with Gasteiger partial charge in [-0.05, 0) is 24.1 Å². The second-order valence-corrected chi connectivity index (χ2v) is 7.19. The van der Waals surface area contributed by atoms with E-state index in [9.17, 15) is 29.1 Å². The molecule has 0 fully saturated rings. The number of carboxylic acid groups (broad SMARTS) is 2. The number of carbonyl (C=O) groups excluding carboxylic acids is 3. The lowest BCUT2D eigenvalue weighted by atomic mass is 10.0. The van der Waals surface area contributed by atoms with Crippen molar-refractivity contribution in [3.63, 3.8) is 0 Å². The standard InChI is InChI=1S/C19H26N4O8S/c20-12(5-6-16(26)27)17(28)21-8-15(25)22-13(7-10-1-3-11(24)4-2-10)18(29)23-14(9-32)19(30)31/h1-4,12-14,24,32H,5-9,20H2,(H,21,28)(H,22,25)(H,23,29)(H,26,27)(H,30,31). The quantitative estimate of drug-likeness (QED) is 0.153. The van der Waals surface area contributed by atoms with Crippen LogP contribution in [0.25, 0.3) is 0 Å². The Morgan fingerprint density at radius 1 is 0.969 bits per heavy atom. The number of rotatable bonds is 13. The Morgan fingerprint density at radius 2 is 1.59 bits per heavy atom. The van der Waals surface area contributed by atoms with Crippen LogP contribution in [0.3, 0.4) is 0 Å². The number of carbonyl (C=O) groups is 5. The van der Waals surface area contributed by atoms with Crippen LogP contribution in [-0.4, -0.2) is 75.4 Å². The number of nitrogens with one attached hydrogen (secondary N) is 3. The first kappa shape index (κ1) is 26.7. The third kappa shape index (κ3) is 9.66. The summed E-state index contributed by atoms with van der Waals surface area (Å²) in [6, 6.07) is 2.23. The van der Waals surface area contributed by atoms with E-state index in [4.69, 9.17) is 15.9 Å². The Hall–Kier alpha value is -3.32. The molecule has 0 radical (unpaired) electrons. The van der Waals surface area contributed by atoms with E-state index in [1.165, 1.54) is 24.3 Å². The van der Waals surface area contributed by atoms with Crippen molar-refractivity contribution in [3.05, 3.63) is 29.8 Å². The van der Waals surface area contributed by atoms with E-state index in [2.05, 4.69) is 28.6 Å². The number of nitrogens with two attached hydrogens (primary N) is 1. The molecule has 176 valence electrons. The van der Waals surface area contributed by atoms with Gasteiger partial charge < -0.3 is 37.0 Å². The average molecular weight is 471 g/mol. The second kappa shape index (κ2) is 13.2. The zero-order chi connectivity index (χ0) is 24.3. The van der Waals surface area contributed by atoms with Gasteiger partial charge >= 0.3 is 11.9 Å². The SMILES string of the molecule is NC(CCC(=O)O)C(=O)NCC(=O)NC(Cc1ccc(O)cc1)C(=O)NC(CS)C(=O)O. The normalized spacial score (nSPS) is 13.3. The number of hydrogen-bond donors (Lipinski definition) is 8. The fourth-order valence-corrected chi connectivity index (χ4v) is 2.74. The van der Waals surface area contributed by atoms with E-state index in [1.807, 2.05) is 0 Å². The van der Waals surface area contributed by atoms with Gasteiger partial charge in [0.2, 0.25) is 17.7 Å². The highest BCUT2D eigenvalue weighted by Crippen LogP contribution is 2.11. The molecule has 0 heterocycles. The van der Waals surface area contributed by atoms with Crippen molar-refractivity contribution in [2.24, 2.45) is 5.73 Å². The van der Waals surface area contributed by atoms with E-state index in [-0.39, 0.29) is 30.8 Å². The second-order valence-electron chi connectivity index (χ2n) is 6.83. The lowest BCUT2D eigenvalue weighted by Crippen LogP contribution is -2.54. The van der Waals surface area contributed by atoms with Crippen LogP contribution in [0.1, 0.15) is 18.4 Å². The molecule has 0 spiro atoms. The van der Waals surface area contributed by atoms with Crippen LogP contribution in [0.4, 0.5) is 0 Å². The fraction of sp³-hybridized carbons (Fsp3) is 0.421. The zero-order valence-corrected chi connectivity index (χ0v) is 17.9. The van der Waals surface area contributed by atoms with Crippen LogP contribution in [-0.2, 0) is 30.4 Å². The molecule has 8 N–H and O–H groups in total. The first-order valence-electron chi connectivity index (χ1n) is 9.49. The molecule has 3 amide bonds. The molecular formula is C19H26N4O8S. The van der Waals surface area contributed by atoms with Crippen LogP contribution in [0, 0.1) is 0 Å². The predicted octanol–water partition coefficient (Wildman–Crippen LogP) is -1.77. The highest BCUT2D eigenvalue weighted by atomic mass is 32.1. The molecule has 13 heteroatoms. The maximum atomic E-state index is 12.6. The van der Waals surface area contributed by atoms with E-state index in [1.54, 1.807) is 0 Å². The average Bonchev–Trinajstić information content (AvgIpc) is 2.74. The van der Waals surface area contributed by atoms with Gasteiger partial charge in [-0.2, -0.15) is 12.6 Å². The number of thiol groups is 1. The molecule has 0 aliphatic rings. The third-order valence-corrected chi connectivity index (χ3v) is 4.62. The van der Waals surface area contributed by atoms with Crippen LogP contribution in [0.5, 0.6) is 5.75 Å². The smallest absolute Gasteiger partial charge is 0.327 e. The Morgan fingerprint density at radius 3 is 2.12 bits per heavy atom. The molecule has 3 atom stereocenters. The summed E-state index contributed by atoms with van der Waals surface area (Å²) < 4.78 is 0. The molecule has 32 heavy (non-hydrogen) atoms. The molecule has 3 unspecified atom stereocenters. The Bertz CT molecular complexity index is 833. The zero-order valence-electron chi connectivity index (χ0n) is 17.0. The van der Waals surface area contributed by atoms with E-state index in [0.717, 1.165) is 0 Å². The highest BCUT2D eigenvalue weighted by Gasteiger charge is 2.26. The Balaban J connectivity index is 2.78. The van der Waals surface area contributed by atoms with Crippen LogP contribution in [0.2, 0.25) is 0 Å². The van der Waals surface area contributed by atoms with Gasteiger partial charge in [0.15, 0.2) is 0 Å². The van der Waals surface area contributed by atoms with E-state index < -0.39 is 54.3 Å². The van der Waals surface area contributed by atoms with Crippen molar-refractivity contribution in [2.45, 2.75) is 37.4 Å². The summed E-state index contributed by atoms with van der Waals surface area (Å²) >= 11 is 3.88. The minimum absolute atomic E-state index is 0.00162. The van der Waals surface area contributed by atoms with Gasteiger partial charge in [0.1, 0.15) is 17.8 Å². The molecule has 12 nitrogen and oxygen atoms in total. The number of carboxylic acids is 2. The molecular weight excluding hydrogens is 444 g/mol. The summed E-state index contributed by atoms with van der Waals surface area (Å²) in [7, 11) is 0. The van der Waals surface area contributed by atoms with Crippen LogP contribution < -0.4 is 21.7 Å². The largest absolute Gasteiger partial charge is 0.508 e. The minimum Gasteiger partial charge on any atom is -0.508 e. The lowest BCUT2D eigenvalue weighted by Gasteiger charge is -2.21. The number of hydrogen-bond acceptors (Lipinski definition) is 8. The topological polar surface area (TPSA) is 208 Å². The summed E-state index contributed by atoms with van der Waals surface area (Å²) in [4.78, 5) is 58.4. The van der Waals surface area contributed by atoms with Crippen LogP contribution >= 0.6 is 12.6 Å². The first-order chi connectivity index (χ1) is 15.0. The van der Waals surface area contributed by atoms with Gasteiger partial charge in [-0.3, -0.25) is 19.2 Å².